The maximum Gasteiger partial charge on any atom is 0.241 e. The van der Waals surface area contributed by atoms with Crippen molar-refractivity contribution in [3.05, 3.63) is 67.9 Å². The number of carbonyl (C=O) groups excluding carboxylic acids is 1. The fourth-order valence-corrected chi connectivity index (χ4v) is 7.86. The Labute approximate surface area is 244 Å². The van der Waals surface area contributed by atoms with Crippen LogP contribution in [0, 0.1) is 34.6 Å². The number of benzene rings is 2. The molecular formula is C29H36BrN5O4S. The predicted molar refractivity (Wildman–Crippen MR) is 156 cm³/mol. The molecule has 1 fully saturated rings. The minimum atomic E-state index is -3.74. The molecular weight excluding hydrogens is 594 g/mol. The van der Waals surface area contributed by atoms with E-state index in [1.807, 2.05) is 57.6 Å². The molecule has 11 heteroatoms. The molecule has 1 N–H and O–H groups in total. The van der Waals surface area contributed by atoms with E-state index in [2.05, 4.69) is 44.0 Å². The molecule has 1 atom stereocenters. The van der Waals surface area contributed by atoms with Gasteiger partial charge in [0.05, 0.1) is 23.2 Å². The zero-order valence-corrected chi connectivity index (χ0v) is 26.2. The third kappa shape index (κ3) is 5.07. The molecule has 0 saturated carbocycles. The van der Waals surface area contributed by atoms with Crippen LogP contribution in [0.1, 0.15) is 64.9 Å². The maximum atomic E-state index is 13.2. The minimum Gasteiger partial charge on any atom is -0.493 e. The summed E-state index contributed by atoms with van der Waals surface area (Å²) in [7, 11) is -3.74. The Kier molecular flexibility index (Phi) is 7.60. The summed E-state index contributed by atoms with van der Waals surface area (Å²) < 4.78 is 37.7. The lowest BCUT2D eigenvalue weighted by Crippen LogP contribution is -2.60. The zero-order chi connectivity index (χ0) is 29.0. The summed E-state index contributed by atoms with van der Waals surface area (Å²) in [5.41, 5.74) is 6.17. The number of rotatable bonds is 7. The third-order valence-corrected chi connectivity index (χ3v) is 10.9. The number of hydrogen-bond donors (Lipinski definition) is 1. The molecule has 0 radical (unpaired) electrons. The summed E-state index contributed by atoms with van der Waals surface area (Å²) in [5, 5.41) is 8.91. The number of likely N-dealkylation sites (tertiary alicyclic amines) is 1. The van der Waals surface area contributed by atoms with Crippen LogP contribution >= 0.6 is 15.9 Å². The number of nitrogens with one attached hydrogen (secondary N) is 1. The maximum absolute atomic E-state index is 13.2. The van der Waals surface area contributed by atoms with Crippen LogP contribution < -0.4 is 9.46 Å². The number of sulfonamides is 1. The van der Waals surface area contributed by atoms with Crippen molar-refractivity contribution in [1.82, 2.24) is 24.6 Å². The smallest absolute Gasteiger partial charge is 0.241 e. The van der Waals surface area contributed by atoms with Crippen molar-refractivity contribution < 1.29 is 17.9 Å². The first-order chi connectivity index (χ1) is 18.8. The molecule has 0 aliphatic carbocycles. The molecule has 3 aromatic rings. The first-order valence-corrected chi connectivity index (χ1v) is 15.8. The Hall–Kier alpha value is -2.76. The number of aromatic nitrogens is 3. The molecule has 40 heavy (non-hydrogen) atoms. The van der Waals surface area contributed by atoms with Gasteiger partial charge in [-0.05, 0) is 80.6 Å². The highest BCUT2D eigenvalue weighted by Gasteiger charge is 2.44. The van der Waals surface area contributed by atoms with Crippen LogP contribution in [0.25, 0.3) is 0 Å². The molecule has 2 aromatic carbocycles. The van der Waals surface area contributed by atoms with Gasteiger partial charge in [0.1, 0.15) is 5.75 Å². The number of hydrogen-bond acceptors (Lipinski definition) is 6. The SMILES string of the molecule is Cc1c(C)c(C)c(S(=O)(=O)NCCC(=O)N2CC(C)(c3cn([C@H]4CCOc5ccc(Br)cc54)nn3)C2)c(C)c1C. The van der Waals surface area contributed by atoms with Crippen LogP contribution in [-0.2, 0) is 20.2 Å². The average molecular weight is 631 g/mol. The van der Waals surface area contributed by atoms with Gasteiger partial charge in [0.2, 0.25) is 15.9 Å². The van der Waals surface area contributed by atoms with Crippen molar-refractivity contribution in [2.75, 3.05) is 26.2 Å². The highest BCUT2D eigenvalue weighted by Crippen LogP contribution is 2.38. The lowest BCUT2D eigenvalue weighted by atomic mass is 9.79. The van der Waals surface area contributed by atoms with Crippen LogP contribution in [0.2, 0.25) is 0 Å². The van der Waals surface area contributed by atoms with Gasteiger partial charge in [-0.15, -0.1) is 5.10 Å². The van der Waals surface area contributed by atoms with Gasteiger partial charge >= 0.3 is 0 Å². The molecule has 0 bridgehead atoms. The topological polar surface area (TPSA) is 106 Å². The summed E-state index contributed by atoms with van der Waals surface area (Å²) in [6, 6.07) is 6.02. The second kappa shape index (κ2) is 10.6. The highest BCUT2D eigenvalue weighted by atomic mass is 79.9. The summed E-state index contributed by atoms with van der Waals surface area (Å²) in [6.45, 7) is 13.4. The van der Waals surface area contributed by atoms with Crippen LogP contribution in [-0.4, -0.2) is 60.5 Å². The fourth-order valence-electron chi connectivity index (χ4n) is 5.85. The van der Waals surface area contributed by atoms with Gasteiger partial charge in [0.15, 0.2) is 0 Å². The van der Waals surface area contributed by atoms with Crippen molar-refractivity contribution >= 4 is 31.9 Å². The first kappa shape index (κ1) is 28.8. The van der Waals surface area contributed by atoms with Crippen molar-refractivity contribution in [3.63, 3.8) is 0 Å². The predicted octanol–water partition coefficient (Wildman–Crippen LogP) is 4.42. The molecule has 0 spiro atoms. The first-order valence-electron chi connectivity index (χ1n) is 13.5. The molecule has 1 amide bonds. The normalized spacial score (nSPS) is 18.2. The summed E-state index contributed by atoms with van der Waals surface area (Å²) in [4.78, 5) is 15.0. The van der Waals surface area contributed by atoms with E-state index in [4.69, 9.17) is 4.74 Å². The lowest BCUT2D eigenvalue weighted by molar-refractivity contribution is -0.138. The van der Waals surface area contributed by atoms with Gasteiger partial charge in [0, 0.05) is 54.1 Å². The molecule has 2 aliphatic rings. The Morgan fingerprint density at radius 2 is 1.75 bits per heavy atom. The largest absolute Gasteiger partial charge is 0.493 e. The van der Waals surface area contributed by atoms with Gasteiger partial charge in [-0.2, -0.15) is 0 Å². The van der Waals surface area contributed by atoms with Crippen molar-refractivity contribution in [2.24, 2.45) is 0 Å². The summed E-state index contributed by atoms with van der Waals surface area (Å²) in [5.74, 6) is 0.775. The van der Waals surface area contributed by atoms with E-state index in [1.165, 1.54) is 0 Å². The minimum absolute atomic E-state index is 0.0327. The van der Waals surface area contributed by atoms with Gasteiger partial charge in [-0.3, -0.25) is 4.79 Å². The van der Waals surface area contributed by atoms with Gasteiger partial charge < -0.3 is 9.64 Å². The van der Waals surface area contributed by atoms with E-state index in [0.29, 0.717) is 24.6 Å². The number of fused-ring (bicyclic) bond motifs is 1. The van der Waals surface area contributed by atoms with Crippen LogP contribution in [0.3, 0.4) is 0 Å². The van der Waals surface area contributed by atoms with Gasteiger partial charge in [-0.25, -0.2) is 17.8 Å². The number of nitrogens with zero attached hydrogens (tertiary/aromatic N) is 4. The fraction of sp³-hybridized carbons (Fsp3) is 0.483. The van der Waals surface area contributed by atoms with E-state index in [-0.39, 0.29) is 30.3 Å². The number of halogens is 1. The van der Waals surface area contributed by atoms with Crippen LogP contribution in [0.5, 0.6) is 5.75 Å². The average Bonchev–Trinajstić information content (AvgIpc) is 3.39. The van der Waals surface area contributed by atoms with E-state index < -0.39 is 10.0 Å². The molecule has 0 unspecified atom stereocenters. The molecule has 2 aliphatic heterocycles. The lowest BCUT2D eigenvalue weighted by Gasteiger charge is -2.46. The van der Waals surface area contributed by atoms with E-state index in [0.717, 1.165) is 55.7 Å². The molecule has 214 valence electrons. The highest BCUT2D eigenvalue weighted by molar-refractivity contribution is 9.10. The molecule has 1 saturated heterocycles. The second-order valence-electron chi connectivity index (χ2n) is 11.3. The number of carbonyl (C=O) groups is 1. The number of ether oxygens (including phenoxy) is 1. The van der Waals surface area contributed by atoms with Crippen molar-refractivity contribution in [1.29, 1.82) is 0 Å². The van der Waals surface area contributed by atoms with E-state index in [9.17, 15) is 13.2 Å². The molecule has 3 heterocycles. The molecule has 5 rings (SSSR count). The van der Waals surface area contributed by atoms with Gasteiger partial charge in [0.25, 0.3) is 0 Å². The van der Waals surface area contributed by atoms with Crippen molar-refractivity contribution in [3.8, 4) is 5.75 Å². The Bertz CT molecular complexity index is 1560. The second-order valence-corrected chi connectivity index (χ2v) is 14.0. The van der Waals surface area contributed by atoms with Crippen LogP contribution in [0.4, 0.5) is 0 Å². The Morgan fingerprint density at radius 3 is 2.42 bits per heavy atom. The van der Waals surface area contributed by atoms with E-state index in [1.54, 1.807) is 4.90 Å². The molecule has 1 aromatic heterocycles. The monoisotopic (exact) mass is 629 g/mol. The summed E-state index contributed by atoms with van der Waals surface area (Å²) >= 11 is 3.55. The Balaban J connectivity index is 1.19. The van der Waals surface area contributed by atoms with E-state index >= 15 is 0 Å². The quantitative estimate of drug-likeness (QED) is 0.415. The zero-order valence-electron chi connectivity index (χ0n) is 23.8. The summed E-state index contributed by atoms with van der Waals surface area (Å²) in [6.07, 6.45) is 2.87. The Morgan fingerprint density at radius 1 is 1.10 bits per heavy atom. The third-order valence-electron chi connectivity index (χ3n) is 8.69. The van der Waals surface area contributed by atoms with Crippen LogP contribution in [0.15, 0.2) is 33.8 Å². The van der Waals surface area contributed by atoms with Crippen molar-refractivity contribution in [2.45, 2.75) is 70.7 Å². The van der Waals surface area contributed by atoms with Gasteiger partial charge in [-0.1, -0.05) is 28.1 Å². The molecule has 9 nitrogen and oxygen atoms in total. The standard InChI is InChI=1S/C29H36BrN5O4S/c1-17-18(2)20(4)28(21(5)19(17)3)40(37,38)31-11-9-27(36)34-15-29(6,16-34)26-14-35(33-32-26)24-10-12-39-25-8-7-22(30)13-23(24)25/h7-8,13-14,24,31H,9-12,15-16H2,1-6H3/t24-/m0/s1. The number of amides is 1.